The summed E-state index contributed by atoms with van der Waals surface area (Å²) in [6, 6.07) is 8.56. The molecule has 1 amide bonds. The van der Waals surface area contributed by atoms with Crippen LogP contribution in [0.15, 0.2) is 53.7 Å². The number of carbonyl (C=O) groups is 1. The second kappa shape index (κ2) is 10.4. The molecular formula is C24H31N5O4. The number of aromatic amines is 1. The van der Waals surface area contributed by atoms with Crippen LogP contribution < -0.4 is 10.2 Å². The van der Waals surface area contributed by atoms with Gasteiger partial charge in [0.15, 0.2) is 5.43 Å². The summed E-state index contributed by atoms with van der Waals surface area (Å²) in [5.41, 5.74) is -0.370. The number of amides is 1. The number of para-hydroxylation sites is 1. The molecule has 176 valence electrons. The van der Waals surface area contributed by atoms with Crippen LogP contribution in [0, 0.1) is 0 Å². The van der Waals surface area contributed by atoms with Gasteiger partial charge in [-0.1, -0.05) is 26.0 Å². The molecule has 1 aliphatic rings. The Morgan fingerprint density at radius 2 is 1.88 bits per heavy atom. The minimum atomic E-state index is -1.36. The minimum Gasteiger partial charge on any atom is -0.473 e. The number of pyridine rings is 1. The summed E-state index contributed by atoms with van der Waals surface area (Å²) in [6.45, 7) is 8.05. The van der Waals surface area contributed by atoms with Crippen LogP contribution in [0.3, 0.4) is 0 Å². The third-order valence-corrected chi connectivity index (χ3v) is 5.25. The van der Waals surface area contributed by atoms with Crippen molar-refractivity contribution < 1.29 is 14.6 Å². The number of aromatic nitrogens is 4. The molecule has 1 aliphatic heterocycles. The summed E-state index contributed by atoms with van der Waals surface area (Å²) >= 11 is 0. The van der Waals surface area contributed by atoms with Gasteiger partial charge >= 0.3 is 0 Å². The molecular weight excluding hydrogens is 422 g/mol. The van der Waals surface area contributed by atoms with Gasteiger partial charge in [-0.05, 0) is 38.8 Å². The zero-order valence-corrected chi connectivity index (χ0v) is 19.5. The van der Waals surface area contributed by atoms with Crippen molar-refractivity contribution in [3.63, 3.8) is 0 Å². The molecule has 3 aromatic rings. The summed E-state index contributed by atoms with van der Waals surface area (Å²) in [7, 11) is 0. The summed E-state index contributed by atoms with van der Waals surface area (Å²) in [4.78, 5) is 31.7. The molecule has 2 N–H and O–H groups in total. The van der Waals surface area contributed by atoms with E-state index < -0.39 is 5.60 Å². The van der Waals surface area contributed by atoms with E-state index in [1.165, 1.54) is 17.1 Å². The van der Waals surface area contributed by atoms with Gasteiger partial charge in [-0.2, -0.15) is 15.0 Å². The summed E-state index contributed by atoms with van der Waals surface area (Å²) in [6.07, 6.45) is 5.79. The van der Waals surface area contributed by atoms with Crippen LogP contribution in [0.2, 0.25) is 0 Å². The molecule has 9 heteroatoms. The smallest absolute Gasteiger partial charge is 0.256 e. The average Bonchev–Trinajstić information content (AvgIpc) is 3.34. The summed E-state index contributed by atoms with van der Waals surface area (Å²) < 4.78 is 6.07. The van der Waals surface area contributed by atoms with Crippen molar-refractivity contribution in [1.29, 1.82) is 0 Å². The molecule has 1 unspecified atom stereocenters. The van der Waals surface area contributed by atoms with Gasteiger partial charge in [0, 0.05) is 18.8 Å². The van der Waals surface area contributed by atoms with E-state index in [1.54, 1.807) is 43.3 Å². The quantitative estimate of drug-likeness (QED) is 0.614. The maximum absolute atomic E-state index is 13.3. The normalized spacial score (nSPS) is 16.0. The minimum absolute atomic E-state index is 0.134. The SMILES string of the molecule is CC.CC(C)(O)c1c(OC2CCCN(C(=O)c3ccccc3-n3nccn3)C2)[nH]ccc1=O. The molecule has 1 saturated heterocycles. The van der Waals surface area contributed by atoms with Crippen molar-refractivity contribution in [2.75, 3.05) is 13.1 Å². The highest BCUT2D eigenvalue weighted by atomic mass is 16.5. The first kappa shape index (κ1) is 24.2. The Morgan fingerprint density at radius 1 is 1.18 bits per heavy atom. The number of hydrogen-bond acceptors (Lipinski definition) is 6. The maximum Gasteiger partial charge on any atom is 0.256 e. The zero-order valence-electron chi connectivity index (χ0n) is 19.5. The Labute approximate surface area is 193 Å². The monoisotopic (exact) mass is 453 g/mol. The Bertz CT molecular complexity index is 1120. The molecule has 1 atom stereocenters. The zero-order chi connectivity index (χ0) is 24.0. The lowest BCUT2D eigenvalue weighted by atomic mass is 9.99. The van der Waals surface area contributed by atoms with Crippen molar-refractivity contribution in [3.05, 3.63) is 70.3 Å². The first-order chi connectivity index (χ1) is 15.8. The van der Waals surface area contributed by atoms with Gasteiger partial charge in [-0.25, -0.2) is 0 Å². The second-order valence-electron chi connectivity index (χ2n) is 8.07. The highest BCUT2D eigenvalue weighted by Crippen LogP contribution is 2.27. The van der Waals surface area contributed by atoms with Crippen LogP contribution in [-0.2, 0) is 5.60 Å². The van der Waals surface area contributed by atoms with Crippen molar-refractivity contribution in [1.82, 2.24) is 24.9 Å². The van der Waals surface area contributed by atoms with Crippen LogP contribution in [0.5, 0.6) is 5.88 Å². The fraction of sp³-hybridized carbons (Fsp3) is 0.417. The van der Waals surface area contributed by atoms with E-state index in [9.17, 15) is 14.7 Å². The Kier molecular flexibility index (Phi) is 7.65. The molecule has 3 heterocycles. The van der Waals surface area contributed by atoms with E-state index in [1.807, 2.05) is 26.0 Å². The number of aliphatic hydroxyl groups is 1. The molecule has 0 bridgehead atoms. The first-order valence-corrected chi connectivity index (χ1v) is 11.2. The Morgan fingerprint density at radius 3 is 2.58 bits per heavy atom. The number of nitrogens with zero attached hydrogens (tertiary/aromatic N) is 4. The third kappa shape index (κ3) is 5.48. The predicted octanol–water partition coefficient (Wildman–Crippen LogP) is 2.89. The highest BCUT2D eigenvalue weighted by molar-refractivity contribution is 5.97. The molecule has 0 saturated carbocycles. The highest BCUT2D eigenvalue weighted by Gasteiger charge is 2.30. The molecule has 4 rings (SSSR count). The lowest BCUT2D eigenvalue weighted by Crippen LogP contribution is -2.45. The largest absolute Gasteiger partial charge is 0.473 e. The molecule has 0 radical (unpaired) electrons. The average molecular weight is 454 g/mol. The molecule has 1 aromatic carbocycles. The molecule has 2 aromatic heterocycles. The Hall–Kier alpha value is -3.46. The predicted molar refractivity (Wildman–Crippen MR) is 125 cm³/mol. The second-order valence-corrected chi connectivity index (χ2v) is 8.07. The fourth-order valence-electron chi connectivity index (χ4n) is 3.86. The van der Waals surface area contributed by atoms with Gasteiger partial charge < -0.3 is 19.7 Å². The van der Waals surface area contributed by atoms with Gasteiger partial charge in [0.1, 0.15) is 6.10 Å². The molecule has 33 heavy (non-hydrogen) atoms. The molecule has 9 nitrogen and oxygen atoms in total. The van der Waals surface area contributed by atoms with E-state index in [-0.39, 0.29) is 28.9 Å². The number of ether oxygens (including phenoxy) is 1. The van der Waals surface area contributed by atoms with Crippen LogP contribution >= 0.6 is 0 Å². The topological polar surface area (TPSA) is 113 Å². The number of nitrogens with one attached hydrogen (secondary N) is 1. The van der Waals surface area contributed by atoms with E-state index in [0.29, 0.717) is 24.3 Å². The molecule has 0 spiro atoms. The van der Waals surface area contributed by atoms with Gasteiger partial charge in [0.05, 0.1) is 41.4 Å². The Balaban J connectivity index is 0.00000149. The number of rotatable bonds is 5. The van der Waals surface area contributed by atoms with Gasteiger partial charge in [-0.3, -0.25) is 9.59 Å². The van der Waals surface area contributed by atoms with E-state index in [2.05, 4.69) is 15.2 Å². The maximum atomic E-state index is 13.3. The number of H-pyrrole nitrogens is 1. The molecule has 0 aliphatic carbocycles. The lowest BCUT2D eigenvalue weighted by Gasteiger charge is -2.34. The van der Waals surface area contributed by atoms with Crippen molar-refractivity contribution >= 4 is 5.91 Å². The number of benzene rings is 1. The van der Waals surface area contributed by atoms with Gasteiger partial charge in [-0.15, -0.1) is 0 Å². The van der Waals surface area contributed by atoms with Crippen LogP contribution in [0.4, 0.5) is 0 Å². The third-order valence-electron chi connectivity index (χ3n) is 5.25. The van der Waals surface area contributed by atoms with Crippen LogP contribution in [0.1, 0.15) is 56.5 Å². The van der Waals surface area contributed by atoms with E-state index in [4.69, 9.17) is 4.74 Å². The summed E-state index contributed by atoms with van der Waals surface area (Å²) in [5, 5.41) is 18.7. The van der Waals surface area contributed by atoms with Crippen LogP contribution in [0.25, 0.3) is 5.69 Å². The summed E-state index contributed by atoms with van der Waals surface area (Å²) in [5.74, 6) is 0.103. The number of hydrogen-bond donors (Lipinski definition) is 2. The lowest BCUT2D eigenvalue weighted by molar-refractivity contribution is 0.0459. The molecule has 1 fully saturated rings. The number of carbonyl (C=O) groups excluding carboxylic acids is 1. The van der Waals surface area contributed by atoms with E-state index in [0.717, 1.165) is 12.8 Å². The fourth-order valence-corrected chi connectivity index (χ4v) is 3.86. The van der Waals surface area contributed by atoms with Crippen molar-refractivity contribution in [2.45, 2.75) is 52.2 Å². The van der Waals surface area contributed by atoms with Gasteiger partial charge in [0.2, 0.25) is 5.88 Å². The number of piperidine rings is 1. The number of likely N-dealkylation sites (tertiary alicyclic amines) is 1. The first-order valence-electron chi connectivity index (χ1n) is 11.2. The van der Waals surface area contributed by atoms with Crippen molar-refractivity contribution in [3.8, 4) is 11.6 Å². The van der Waals surface area contributed by atoms with Gasteiger partial charge in [0.25, 0.3) is 5.91 Å². The standard InChI is InChI=1S/C22H25N5O4.C2H6/c1-22(2,30)19-18(28)9-10-23-20(19)31-15-6-5-13-26(14-15)21(29)16-7-3-4-8-17(16)27-24-11-12-25-27;1-2/h3-4,7-12,15,30H,5-6,13-14H2,1-2H3,(H,23,28);1-2H3. The van der Waals surface area contributed by atoms with Crippen molar-refractivity contribution in [2.24, 2.45) is 0 Å². The van der Waals surface area contributed by atoms with Crippen LogP contribution in [-0.4, -0.2) is 55.1 Å². The van der Waals surface area contributed by atoms with E-state index >= 15 is 0 Å².